The van der Waals surface area contributed by atoms with Crippen molar-refractivity contribution in [2.75, 3.05) is 0 Å². The second-order valence-electron chi connectivity index (χ2n) is 5.78. The molecule has 0 aliphatic heterocycles. The van der Waals surface area contributed by atoms with Crippen molar-refractivity contribution in [1.82, 2.24) is 5.32 Å². The van der Waals surface area contributed by atoms with Gasteiger partial charge in [0.2, 0.25) is 5.91 Å². The number of carbonyl (C=O) groups excluding carboxylic acids is 1. The molecule has 0 radical (unpaired) electrons. The molecule has 2 unspecified atom stereocenters. The molecular formula is C14H26N2OS. The number of amides is 1. The van der Waals surface area contributed by atoms with E-state index in [2.05, 4.69) is 26.1 Å². The van der Waals surface area contributed by atoms with E-state index in [1.54, 1.807) is 0 Å². The standard InChI is InChI=1S/C14H26N2OS/c1-4-10(2)9-11(3)16-13(17)14(12(15)18)7-5-6-8-14/h10-11H,4-9H2,1-3H3,(H2,15,18)(H,16,17). The van der Waals surface area contributed by atoms with Crippen LogP contribution in [0.25, 0.3) is 0 Å². The minimum absolute atomic E-state index is 0.0447. The van der Waals surface area contributed by atoms with E-state index in [9.17, 15) is 4.79 Å². The van der Waals surface area contributed by atoms with Gasteiger partial charge in [-0.2, -0.15) is 0 Å². The predicted molar refractivity (Wildman–Crippen MR) is 79.4 cm³/mol. The lowest BCUT2D eigenvalue weighted by Crippen LogP contribution is -2.49. The van der Waals surface area contributed by atoms with E-state index in [4.69, 9.17) is 18.0 Å². The summed E-state index contributed by atoms with van der Waals surface area (Å²) in [5.41, 5.74) is 5.24. The normalized spacial score (nSPS) is 21.3. The average molecular weight is 270 g/mol. The molecule has 2 atom stereocenters. The van der Waals surface area contributed by atoms with Crippen molar-refractivity contribution in [3.8, 4) is 0 Å². The predicted octanol–water partition coefficient (Wildman–Crippen LogP) is 2.77. The number of nitrogens with one attached hydrogen (secondary N) is 1. The highest BCUT2D eigenvalue weighted by Crippen LogP contribution is 2.38. The molecule has 18 heavy (non-hydrogen) atoms. The highest BCUT2D eigenvalue weighted by Gasteiger charge is 2.44. The Bertz CT molecular complexity index is 311. The van der Waals surface area contributed by atoms with Gasteiger partial charge in [-0.1, -0.05) is 45.3 Å². The fraction of sp³-hybridized carbons (Fsp3) is 0.857. The van der Waals surface area contributed by atoms with E-state index >= 15 is 0 Å². The smallest absolute Gasteiger partial charge is 0.233 e. The molecule has 0 aromatic heterocycles. The molecule has 0 aromatic carbocycles. The van der Waals surface area contributed by atoms with E-state index < -0.39 is 5.41 Å². The van der Waals surface area contributed by atoms with Gasteiger partial charge in [-0.25, -0.2) is 0 Å². The summed E-state index contributed by atoms with van der Waals surface area (Å²) in [4.78, 5) is 12.8. The molecule has 1 rings (SSSR count). The van der Waals surface area contributed by atoms with E-state index in [0.717, 1.165) is 38.5 Å². The fourth-order valence-corrected chi connectivity index (χ4v) is 3.05. The Morgan fingerprint density at radius 3 is 2.39 bits per heavy atom. The number of hydrogen-bond donors (Lipinski definition) is 2. The van der Waals surface area contributed by atoms with Gasteiger partial charge in [0.1, 0.15) is 0 Å². The minimum atomic E-state index is -0.570. The highest BCUT2D eigenvalue weighted by molar-refractivity contribution is 7.80. The van der Waals surface area contributed by atoms with Gasteiger partial charge in [0.05, 0.1) is 10.4 Å². The second-order valence-corrected chi connectivity index (χ2v) is 6.22. The zero-order valence-electron chi connectivity index (χ0n) is 11.8. The average Bonchev–Trinajstić information content (AvgIpc) is 2.78. The zero-order valence-corrected chi connectivity index (χ0v) is 12.6. The van der Waals surface area contributed by atoms with Gasteiger partial charge < -0.3 is 11.1 Å². The summed E-state index contributed by atoms with van der Waals surface area (Å²) < 4.78 is 0. The summed E-state index contributed by atoms with van der Waals surface area (Å²) >= 11 is 5.12. The monoisotopic (exact) mass is 270 g/mol. The molecule has 1 amide bonds. The summed E-state index contributed by atoms with van der Waals surface area (Å²) in [6, 6.07) is 0.194. The number of hydrogen-bond acceptors (Lipinski definition) is 2. The van der Waals surface area contributed by atoms with Crippen molar-refractivity contribution >= 4 is 23.1 Å². The van der Waals surface area contributed by atoms with Crippen LogP contribution in [0.2, 0.25) is 0 Å². The molecule has 0 aromatic rings. The molecule has 4 heteroatoms. The molecule has 1 fully saturated rings. The fourth-order valence-electron chi connectivity index (χ4n) is 2.75. The Labute approximate surface area is 116 Å². The van der Waals surface area contributed by atoms with Crippen molar-refractivity contribution in [3.05, 3.63) is 0 Å². The molecule has 0 spiro atoms. The van der Waals surface area contributed by atoms with Crippen molar-refractivity contribution in [1.29, 1.82) is 0 Å². The van der Waals surface area contributed by atoms with Gasteiger partial charge in [0, 0.05) is 6.04 Å². The van der Waals surface area contributed by atoms with Crippen molar-refractivity contribution in [3.63, 3.8) is 0 Å². The Hall–Kier alpha value is -0.640. The molecule has 3 nitrogen and oxygen atoms in total. The van der Waals surface area contributed by atoms with Crippen LogP contribution in [0, 0.1) is 11.3 Å². The third-order valence-electron chi connectivity index (χ3n) is 4.19. The molecule has 1 saturated carbocycles. The van der Waals surface area contributed by atoms with Crippen LogP contribution >= 0.6 is 12.2 Å². The van der Waals surface area contributed by atoms with Crippen LogP contribution in [0.5, 0.6) is 0 Å². The van der Waals surface area contributed by atoms with Crippen LogP contribution in [0.4, 0.5) is 0 Å². The van der Waals surface area contributed by atoms with Crippen molar-refractivity contribution in [2.45, 2.75) is 65.3 Å². The van der Waals surface area contributed by atoms with Crippen LogP contribution < -0.4 is 11.1 Å². The van der Waals surface area contributed by atoms with Crippen LogP contribution in [0.15, 0.2) is 0 Å². The van der Waals surface area contributed by atoms with Gasteiger partial charge in [-0.15, -0.1) is 0 Å². The molecule has 3 N–H and O–H groups in total. The van der Waals surface area contributed by atoms with Crippen LogP contribution in [-0.4, -0.2) is 16.9 Å². The van der Waals surface area contributed by atoms with Gasteiger partial charge in [0.15, 0.2) is 0 Å². The molecular weight excluding hydrogens is 244 g/mol. The van der Waals surface area contributed by atoms with Gasteiger partial charge >= 0.3 is 0 Å². The van der Waals surface area contributed by atoms with Crippen molar-refractivity contribution < 1.29 is 4.79 Å². The van der Waals surface area contributed by atoms with E-state index in [0.29, 0.717) is 10.9 Å². The summed E-state index contributed by atoms with van der Waals surface area (Å²) in [7, 11) is 0. The Balaban J connectivity index is 2.60. The van der Waals surface area contributed by atoms with E-state index in [-0.39, 0.29) is 11.9 Å². The zero-order chi connectivity index (χ0) is 13.8. The Morgan fingerprint density at radius 1 is 1.39 bits per heavy atom. The molecule has 0 saturated heterocycles. The summed E-state index contributed by atoms with van der Waals surface area (Å²) in [6.07, 6.45) is 5.86. The van der Waals surface area contributed by atoms with E-state index in [1.807, 2.05) is 0 Å². The third-order valence-corrected chi connectivity index (χ3v) is 4.58. The maximum absolute atomic E-state index is 12.4. The first-order valence-electron chi connectivity index (χ1n) is 7.03. The Kier molecular flexibility index (Phi) is 5.57. The van der Waals surface area contributed by atoms with Gasteiger partial charge in [-0.05, 0) is 32.1 Å². The first kappa shape index (κ1) is 15.4. The lowest BCUT2D eigenvalue weighted by Gasteiger charge is -2.29. The van der Waals surface area contributed by atoms with Gasteiger partial charge in [0.25, 0.3) is 0 Å². The summed E-state index contributed by atoms with van der Waals surface area (Å²) in [5, 5.41) is 3.10. The third kappa shape index (κ3) is 3.44. The number of rotatable bonds is 6. The Morgan fingerprint density at radius 2 is 1.94 bits per heavy atom. The van der Waals surface area contributed by atoms with Gasteiger partial charge in [-0.3, -0.25) is 4.79 Å². The maximum atomic E-state index is 12.4. The number of thiocarbonyl (C=S) groups is 1. The molecule has 104 valence electrons. The molecule has 1 aliphatic carbocycles. The lowest BCUT2D eigenvalue weighted by molar-refractivity contribution is -0.128. The highest BCUT2D eigenvalue weighted by atomic mass is 32.1. The first-order chi connectivity index (χ1) is 8.42. The first-order valence-corrected chi connectivity index (χ1v) is 7.44. The van der Waals surface area contributed by atoms with Crippen LogP contribution in [0.3, 0.4) is 0 Å². The second kappa shape index (κ2) is 6.50. The maximum Gasteiger partial charge on any atom is 0.233 e. The minimum Gasteiger partial charge on any atom is -0.392 e. The van der Waals surface area contributed by atoms with Crippen LogP contribution in [0.1, 0.15) is 59.3 Å². The number of carbonyl (C=O) groups is 1. The molecule has 0 bridgehead atoms. The SMILES string of the molecule is CCC(C)CC(C)NC(=O)C1(C(N)=S)CCCC1. The van der Waals surface area contributed by atoms with E-state index in [1.165, 1.54) is 0 Å². The van der Waals surface area contributed by atoms with Crippen LogP contribution in [-0.2, 0) is 4.79 Å². The summed E-state index contributed by atoms with van der Waals surface area (Å²) in [5.74, 6) is 0.674. The summed E-state index contributed by atoms with van der Waals surface area (Å²) in [6.45, 7) is 6.44. The molecule has 0 heterocycles. The lowest BCUT2D eigenvalue weighted by atomic mass is 9.84. The van der Waals surface area contributed by atoms with Crippen molar-refractivity contribution in [2.24, 2.45) is 17.1 Å². The largest absolute Gasteiger partial charge is 0.392 e. The topological polar surface area (TPSA) is 55.1 Å². The quantitative estimate of drug-likeness (QED) is 0.730. The number of nitrogens with two attached hydrogens (primary N) is 1. The molecule has 1 aliphatic rings.